The van der Waals surface area contributed by atoms with Gasteiger partial charge < -0.3 is 10.4 Å². The number of Topliss-reactive ketones (excluding diaryl/α,β-unsaturated/α-hetero) is 1. The standard InChI is InChI=1S/C13H14F3NO2/c14-13(15,16)12(4-5-17-8-12)11(19)7-9-2-1-3-10(18)6-9/h1-3,6,17-18H,4-5,7-8H2. The van der Waals surface area contributed by atoms with Crippen LogP contribution in [0.4, 0.5) is 13.2 Å². The molecule has 1 aromatic carbocycles. The van der Waals surface area contributed by atoms with Crippen LogP contribution >= 0.6 is 0 Å². The van der Waals surface area contributed by atoms with Crippen molar-refractivity contribution in [2.75, 3.05) is 13.1 Å². The summed E-state index contributed by atoms with van der Waals surface area (Å²) >= 11 is 0. The highest BCUT2D eigenvalue weighted by Gasteiger charge is 2.60. The van der Waals surface area contributed by atoms with E-state index >= 15 is 0 Å². The zero-order chi connectivity index (χ0) is 14.1. The molecule has 0 aliphatic carbocycles. The number of carbonyl (C=O) groups excluding carboxylic acids is 1. The number of aromatic hydroxyl groups is 1. The van der Waals surface area contributed by atoms with Gasteiger partial charge in [0.15, 0.2) is 5.78 Å². The minimum absolute atomic E-state index is 0.0593. The van der Waals surface area contributed by atoms with Crippen LogP contribution in [0.25, 0.3) is 0 Å². The monoisotopic (exact) mass is 273 g/mol. The first-order valence-electron chi connectivity index (χ1n) is 5.94. The van der Waals surface area contributed by atoms with Gasteiger partial charge in [0.2, 0.25) is 0 Å². The average molecular weight is 273 g/mol. The van der Waals surface area contributed by atoms with Crippen LogP contribution in [0, 0.1) is 5.41 Å². The van der Waals surface area contributed by atoms with E-state index in [1.54, 1.807) is 0 Å². The first-order valence-corrected chi connectivity index (χ1v) is 5.94. The Morgan fingerprint density at radius 3 is 2.68 bits per heavy atom. The van der Waals surface area contributed by atoms with Gasteiger partial charge in [-0.25, -0.2) is 0 Å². The van der Waals surface area contributed by atoms with Crippen LogP contribution in [0.1, 0.15) is 12.0 Å². The summed E-state index contributed by atoms with van der Waals surface area (Å²) < 4.78 is 39.4. The molecule has 104 valence electrons. The number of phenols is 1. The second kappa shape index (κ2) is 4.85. The van der Waals surface area contributed by atoms with Crippen molar-refractivity contribution in [3.05, 3.63) is 29.8 Å². The van der Waals surface area contributed by atoms with Crippen molar-refractivity contribution in [3.63, 3.8) is 0 Å². The van der Waals surface area contributed by atoms with Gasteiger partial charge in [-0.1, -0.05) is 12.1 Å². The summed E-state index contributed by atoms with van der Waals surface area (Å²) in [5.41, 5.74) is -1.90. The van der Waals surface area contributed by atoms with Crippen molar-refractivity contribution < 1.29 is 23.1 Å². The maximum absolute atomic E-state index is 13.1. The maximum atomic E-state index is 13.1. The normalized spacial score (nSPS) is 23.5. The van der Waals surface area contributed by atoms with Crippen LogP contribution in [0.3, 0.4) is 0 Å². The van der Waals surface area contributed by atoms with Gasteiger partial charge in [-0.05, 0) is 30.7 Å². The second-order valence-corrected chi connectivity index (χ2v) is 4.78. The summed E-state index contributed by atoms with van der Waals surface area (Å²) in [5, 5.41) is 11.9. The maximum Gasteiger partial charge on any atom is 0.402 e. The van der Waals surface area contributed by atoms with Gasteiger partial charge in [-0.15, -0.1) is 0 Å². The third-order valence-electron chi connectivity index (χ3n) is 3.51. The lowest BCUT2D eigenvalue weighted by atomic mass is 9.79. The Kier molecular flexibility index (Phi) is 3.54. The molecule has 3 nitrogen and oxygen atoms in total. The van der Waals surface area contributed by atoms with E-state index in [0.717, 1.165) is 0 Å². The van der Waals surface area contributed by atoms with Crippen LogP contribution in [0.2, 0.25) is 0 Å². The number of nitrogens with one attached hydrogen (secondary N) is 1. The van der Waals surface area contributed by atoms with Crippen LogP contribution in [-0.4, -0.2) is 30.2 Å². The highest BCUT2D eigenvalue weighted by molar-refractivity contribution is 5.88. The Morgan fingerprint density at radius 2 is 2.16 bits per heavy atom. The number of rotatable bonds is 3. The number of phenolic OH excluding ortho intramolecular Hbond substituents is 1. The molecule has 1 atom stereocenters. The quantitative estimate of drug-likeness (QED) is 0.886. The van der Waals surface area contributed by atoms with Gasteiger partial charge in [0.25, 0.3) is 0 Å². The molecule has 1 aliphatic heterocycles. The van der Waals surface area contributed by atoms with Crippen molar-refractivity contribution >= 4 is 5.78 Å². The molecule has 1 fully saturated rings. The zero-order valence-electron chi connectivity index (χ0n) is 10.1. The molecule has 1 unspecified atom stereocenters. The predicted molar refractivity (Wildman–Crippen MR) is 62.8 cm³/mol. The molecule has 0 spiro atoms. The number of benzene rings is 1. The third-order valence-corrected chi connectivity index (χ3v) is 3.51. The van der Waals surface area contributed by atoms with Gasteiger partial charge in [-0.3, -0.25) is 4.79 Å². The summed E-state index contributed by atoms with van der Waals surface area (Å²) in [7, 11) is 0. The molecule has 2 rings (SSSR count). The first kappa shape index (κ1) is 13.9. The smallest absolute Gasteiger partial charge is 0.402 e. The Balaban J connectivity index is 2.22. The van der Waals surface area contributed by atoms with E-state index < -0.39 is 17.4 Å². The fourth-order valence-electron chi connectivity index (χ4n) is 2.35. The Bertz CT molecular complexity index is 479. The molecular weight excluding hydrogens is 259 g/mol. The number of carbonyl (C=O) groups is 1. The van der Waals surface area contributed by atoms with Crippen LogP contribution in [-0.2, 0) is 11.2 Å². The van der Waals surface area contributed by atoms with E-state index in [-0.39, 0.29) is 31.7 Å². The van der Waals surface area contributed by atoms with E-state index in [0.29, 0.717) is 5.56 Å². The van der Waals surface area contributed by atoms with Crippen molar-refractivity contribution in [3.8, 4) is 5.75 Å². The Labute approximate surface area is 108 Å². The van der Waals surface area contributed by atoms with Crippen LogP contribution in [0.15, 0.2) is 24.3 Å². The average Bonchev–Trinajstić information content (AvgIpc) is 2.78. The number of hydrogen-bond acceptors (Lipinski definition) is 3. The van der Waals surface area contributed by atoms with E-state index in [1.165, 1.54) is 24.3 Å². The topological polar surface area (TPSA) is 49.3 Å². The molecule has 1 aromatic rings. The van der Waals surface area contributed by atoms with Crippen molar-refractivity contribution in [1.29, 1.82) is 0 Å². The number of halogens is 3. The van der Waals surface area contributed by atoms with Crippen LogP contribution < -0.4 is 5.32 Å². The van der Waals surface area contributed by atoms with Crippen molar-refractivity contribution in [1.82, 2.24) is 5.32 Å². The summed E-state index contributed by atoms with van der Waals surface area (Å²) in [4.78, 5) is 12.1. The molecule has 19 heavy (non-hydrogen) atoms. The second-order valence-electron chi connectivity index (χ2n) is 4.78. The van der Waals surface area contributed by atoms with Gasteiger partial charge in [0.05, 0.1) is 0 Å². The van der Waals surface area contributed by atoms with E-state index in [2.05, 4.69) is 5.32 Å². The van der Waals surface area contributed by atoms with Crippen molar-refractivity contribution in [2.24, 2.45) is 5.41 Å². The SMILES string of the molecule is O=C(Cc1cccc(O)c1)C1(C(F)(F)F)CCNC1. The van der Waals surface area contributed by atoms with E-state index in [1.807, 2.05) is 0 Å². The van der Waals surface area contributed by atoms with Gasteiger partial charge in [0, 0.05) is 13.0 Å². The fraction of sp³-hybridized carbons (Fsp3) is 0.462. The number of hydrogen-bond donors (Lipinski definition) is 2. The molecule has 0 amide bonds. The van der Waals surface area contributed by atoms with Gasteiger partial charge >= 0.3 is 6.18 Å². The van der Waals surface area contributed by atoms with Gasteiger partial charge in [-0.2, -0.15) is 13.2 Å². The molecule has 1 heterocycles. The lowest BCUT2D eigenvalue weighted by Gasteiger charge is -2.29. The summed E-state index contributed by atoms with van der Waals surface area (Å²) in [6.07, 6.45) is -5.10. The molecule has 2 N–H and O–H groups in total. The summed E-state index contributed by atoms with van der Waals surface area (Å²) in [6, 6.07) is 5.75. The van der Waals surface area contributed by atoms with E-state index in [4.69, 9.17) is 0 Å². The molecule has 0 bridgehead atoms. The molecule has 0 radical (unpaired) electrons. The molecule has 6 heteroatoms. The number of alkyl halides is 3. The predicted octanol–water partition coefficient (Wildman–Crippen LogP) is 2.05. The highest BCUT2D eigenvalue weighted by atomic mass is 19.4. The number of ketones is 1. The molecule has 0 saturated carbocycles. The first-order chi connectivity index (χ1) is 8.85. The summed E-state index contributed by atoms with van der Waals surface area (Å²) in [6.45, 7) is -0.181. The highest BCUT2D eigenvalue weighted by Crippen LogP contribution is 2.44. The summed E-state index contributed by atoms with van der Waals surface area (Å²) in [5.74, 6) is -0.911. The lowest BCUT2D eigenvalue weighted by molar-refractivity contribution is -0.214. The minimum atomic E-state index is -4.55. The van der Waals surface area contributed by atoms with E-state index in [9.17, 15) is 23.1 Å². The van der Waals surface area contributed by atoms with Crippen molar-refractivity contribution in [2.45, 2.75) is 19.0 Å². The lowest BCUT2D eigenvalue weighted by Crippen LogP contribution is -2.47. The Hall–Kier alpha value is -1.56. The third kappa shape index (κ3) is 2.58. The molecule has 0 aromatic heterocycles. The minimum Gasteiger partial charge on any atom is -0.508 e. The molecule has 1 saturated heterocycles. The fourth-order valence-corrected chi connectivity index (χ4v) is 2.35. The zero-order valence-corrected chi connectivity index (χ0v) is 10.1. The Morgan fingerprint density at radius 1 is 1.42 bits per heavy atom. The van der Waals surface area contributed by atoms with Crippen LogP contribution in [0.5, 0.6) is 5.75 Å². The largest absolute Gasteiger partial charge is 0.508 e. The molecule has 1 aliphatic rings. The van der Waals surface area contributed by atoms with Gasteiger partial charge in [0.1, 0.15) is 11.2 Å². The molecular formula is C13H14F3NO2.